The predicted octanol–water partition coefficient (Wildman–Crippen LogP) is 2.09. The fraction of sp³-hybridized carbons (Fsp3) is 0.526. The quantitative estimate of drug-likeness (QED) is 0.827. The van der Waals surface area contributed by atoms with Crippen LogP contribution in [0, 0.1) is 12.8 Å². The Morgan fingerprint density at radius 2 is 2.15 bits per heavy atom. The molecule has 2 heterocycles. The molecule has 140 valence electrons. The average molecular weight is 357 g/mol. The standard InChI is InChI=1S/C19H27N5O2/c1-13(2)26-17-8-6-16(7-9-17)24-14(3)18(22-23-24)19(25)21-12-15-5-4-10-20-11-15/h6-9,13,15,20H,4-5,10-12H2,1-3H3,(H,21,25). The number of amides is 1. The van der Waals surface area contributed by atoms with Crippen molar-refractivity contribution in [3.8, 4) is 11.4 Å². The second-order valence-electron chi connectivity index (χ2n) is 7.02. The molecule has 26 heavy (non-hydrogen) atoms. The number of aromatic nitrogens is 3. The van der Waals surface area contributed by atoms with Gasteiger partial charge in [-0.05, 0) is 76.9 Å². The smallest absolute Gasteiger partial charge is 0.273 e. The fourth-order valence-corrected chi connectivity index (χ4v) is 3.14. The predicted molar refractivity (Wildman–Crippen MR) is 99.8 cm³/mol. The minimum Gasteiger partial charge on any atom is -0.491 e. The van der Waals surface area contributed by atoms with Crippen molar-refractivity contribution < 1.29 is 9.53 Å². The Morgan fingerprint density at radius 3 is 2.81 bits per heavy atom. The van der Waals surface area contributed by atoms with Crippen molar-refractivity contribution in [2.24, 2.45) is 5.92 Å². The van der Waals surface area contributed by atoms with Gasteiger partial charge in [0, 0.05) is 6.54 Å². The third kappa shape index (κ3) is 4.40. The summed E-state index contributed by atoms with van der Waals surface area (Å²) in [5.74, 6) is 1.12. The van der Waals surface area contributed by atoms with Gasteiger partial charge < -0.3 is 15.4 Å². The molecule has 7 heteroatoms. The molecule has 1 aliphatic heterocycles. The Morgan fingerprint density at radius 1 is 1.38 bits per heavy atom. The maximum atomic E-state index is 12.5. The zero-order chi connectivity index (χ0) is 18.5. The summed E-state index contributed by atoms with van der Waals surface area (Å²) in [5.41, 5.74) is 1.94. The molecular weight excluding hydrogens is 330 g/mol. The minimum atomic E-state index is -0.168. The summed E-state index contributed by atoms with van der Waals surface area (Å²) in [4.78, 5) is 12.5. The first-order valence-corrected chi connectivity index (χ1v) is 9.23. The van der Waals surface area contributed by atoms with E-state index in [0.29, 0.717) is 18.2 Å². The largest absolute Gasteiger partial charge is 0.491 e. The van der Waals surface area contributed by atoms with Crippen LogP contribution in [0.25, 0.3) is 5.69 Å². The zero-order valence-electron chi connectivity index (χ0n) is 15.7. The summed E-state index contributed by atoms with van der Waals surface area (Å²) < 4.78 is 7.33. The molecule has 1 fully saturated rings. The summed E-state index contributed by atoms with van der Waals surface area (Å²) in [6, 6.07) is 7.61. The number of hydrogen-bond acceptors (Lipinski definition) is 5. The zero-order valence-corrected chi connectivity index (χ0v) is 15.7. The number of nitrogens with zero attached hydrogens (tertiary/aromatic N) is 3. The van der Waals surface area contributed by atoms with Crippen molar-refractivity contribution in [2.45, 2.75) is 39.7 Å². The van der Waals surface area contributed by atoms with Gasteiger partial charge in [0.2, 0.25) is 0 Å². The van der Waals surface area contributed by atoms with E-state index in [9.17, 15) is 4.79 Å². The van der Waals surface area contributed by atoms with Crippen LogP contribution >= 0.6 is 0 Å². The van der Waals surface area contributed by atoms with E-state index in [2.05, 4.69) is 20.9 Å². The lowest BCUT2D eigenvalue weighted by atomic mass is 10.00. The van der Waals surface area contributed by atoms with Crippen molar-refractivity contribution in [1.82, 2.24) is 25.6 Å². The minimum absolute atomic E-state index is 0.128. The first-order valence-electron chi connectivity index (χ1n) is 9.23. The lowest BCUT2D eigenvalue weighted by Gasteiger charge is -2.22. The molecule has 1 unspecified atom stereocenters. The molecule has 0 bridgehead atoms. The Bertz CT molecular complexity index is 733. The number of ether oxygens (including phenoxy) is 1. The van der Waals surface area contributed by atoms with Gasteiger partial charge in [-0.3, -0.25) is 4.79 Å². The molecular formula is C19H27N5O2. The number of benzene rings is 1. The van der Waals surface area contributed by atoms with Gasteiger partial charge in [0.1, 0.15) is 5.75 Å². The third-order valence-electron chi connectivity index (χ3n) is 4.51. The molecule has 0 aliphatic carbocycles. The van der Waals surface area contributed by atoms with Gasteiger partial charge >= 0.3 is 0 Å². The Hall–Kier alpha value is -2.41. The van der Waals surface area contributed by atoms with Crippen LogP contribution in [0.5, 0.6) is 5.75 Å². The van der Waals surface area contributed by atoms with Crippen LogP contribution in [0.3, 0.4) is 0 Å². The summed E-state index contributed by atoms with van der Waals surface area (Å²) >= 11 is 0. The highest BCUT2D eigenvalue weighted by Gasteiger charge is 2.19. The van der Waals surface area contributed by atoms with E-state index in [0.717, 1.165) is 43.1 Å². The normalized spacial score (nSPS) is 17.3. The monoisotopic (exact) mass is 357 g/mol. The van der Waals surface area contributed by atoms with Gasteiger partial charge in [-0.15, -0.1) is 5.10 Å². The SMILES string of the molecule is Cc1c(C(=O)NCC2CCCNC2)nnn1-c1ccc(OC(C)C)cc1. The molecule has 1 saturated heterocycles. The van der Waals surface area contributed by atoms with Crippen molar-refractivity contribution in [2.75, 3.05) is 19.6 Å². The van der Waals surface area contributed by atoms with Crippen LogP contribution in [-0.4, -0.2) is 46.6 Å². The van der Waals surface area contributed by atoms with Gasteiger partial charge in [-0.25, -0.2) is 4.68 Å². The van der Waals surface area contributed by atoms with E-state index >= 15 is 0 Å². The van der Waals surface area contributed by atoms with E-state index in [1.165, 1.54) is 0 Å². The van der Waals surface area contributed by atoms with Crippen LogP contribution in [-0.2, 0) is 0 Å². The molecule has 2 N–H and O–H groups in total. The van der Waals surface area contributed by atoms with Crippen LogP contribution in [0.4, 0.5) is 0 Å². The van der Waals surface area contributed by atoms with Gasteiger partial charge in [-0.1, -0.05) is 5.21 Å². The molecule has 0 radical (unpaired) electrons. The molecule has 1 atom stereocenters. The van der Waals surface area contributed by atoms with E-state index in [1.54, 1.807) is 4.68 Å². The Kier molecular flexibility index (Phi) is 5.88. The van der Waals surface area contributed by atoms with E-state index in [4.69, 9.17) is 4.74 Å². The number of piperidine rings is 1. The van der Waals surface area contributed by atoms with Gasteiger partial charge in [-0.2, -0.15) is 0 Å². The number of nitrogens with one attached hydrogen (secondary N) is 2. The van der Waals surface area contributed by atoms with Gasteiger partial charge in [0.15, 0.2) is 5.69 Å². The van der Waals surface area contributed by atoms with Crippen molar-refractivity contribution in [3.63, 3.8) is 0 Å². The summed E-state index contributed by atoms with van der Waals surface area (Å²) in [6.07, 6.45) is 2.43. The summed E-state index contributed by atoms with van der Waals surface area (Å²) in [7, 11) is 0. The van der Waals surface area contributed by atoms with Crippen LogP contribution in [0.2, 0.25) is 0 Å². The third-order valence-corrected chi connectivity index (χ3v) is 4.51. The van der Waals surface area contributed by atoms with E-state index in [1.807, 2.05) is 45.0 Å². The molecule has 3 rings (SSSR count). The number of carbonyl (C=O) groups is 1. The maximum Gasteiger partial charge on any atom is 0.273 e. The molecule has 7 nitrogen and oxygen atoms in total. The molecule has 1 amide bonds. The number of rotatable bonds is 6. The van der Waals surface area contributed by atoms with Gasteiger partial charge in [0.25, 0.3) is 5.91 Å². The highest BCUT2D eigenvalue weighted by Crippen LogP contribution is 2.18. The van der Waals surface area contributed by atoms with E-state index < -0.39 is 0 Å². The molecule has 1 aliphatic rings. The van der Waals surface area contributed by atoms with Crippen LogP contribution in [0.15, 0.2) is 24.3 Å². The van der Waals surface area contributed by atoms with E-state index in [-0.39, 0.29) is 12.0 Å². The highest BCUT2D eigenvalue weighted by molar-refractivity contribution is 5.93. The van der Waals surface area contributed by atoms with Crippen LogP contribution < -0.4 is 15.4 Å². The average Bonchev–Trinajstić information content (AvgIpc) is 3.02. The molecule has 1 aromatic heterocycles. The summed E-state index contributed by atoms with van der Waals surface area (Å²) in [5, 5.41) is 14.6. The lowest BCUT2D eigenvalue weighted by molar-refractivity contribution is 0.0939. The number of carbonyl (C=O) groups excluding carboxylic acids is 1. The topological polar surface area (TPSA) is 81.1 Å². The second-order valence-corrected chi connectivity index (χ2v) is 7.02. The molecule has 1 aromatic carbocycles. The Balaban J connectivity index is 1.65. The van der Waals surface area contributed by atoms with Crippen molar-refractivity contribution in [3.05, 3.63) is 35.7 Å². The first kappa shape index (κ1) is 18.4. The Labute approximate surface area is 154 Å². The second kappa shape index (κ2) is 8.31. The number of hydrogen-bond donors (Lipinski definition) is 2. The van der Waals surface area contributed by atoms with Crippen molar-refractivity contribution >= 4 is 5.91 Å². The molecule has 2 aromatic rings. The maximum absolute atomic E-state index is 12.5. The molecule has 0 saturated carbocycles. The van der Waals surface area contributed by atoms with Crippen LogP contribution in [0.1, 0.15) is 42.9 Å². The van der Waals surface area contributed by atoms with Crippen molar-refractivity contribution in [1.29, 1.82) is 0 Å². The van der Waals surface area contributed by atoms with Gasteiger partial charge in [0.05, 0.1) is 17.5 Å². The lowest BCUT2D eigenvalue weighted by Crippen LogP contribution is -2.38. The first-order chi connectivity index (χ1) is 12.5. The summed E-state index contributed by atoms with van der Waals surface area (Å²) in [6.45, 7) is 8.53. The molecule has 0 spiro atoms. The highest BCUT2D eigenvalue weighted by atomic mass is 16.5. The fourth-order valence-electron chi connectivity index (χ4n) is 3.14.